The number of amides is 1. The fourth-order valence-corrected chi connectivity index (χ4v) is 3.05. The van der Waals surface area contributed by atoms with Gasteiger partial charge >= 0.3 is 0 Å². The predicted octanol–water partition coefficient (Wildman–Crippen LogP) is 4.22. The van der Waals surface area contributed by atoms with Gasteiger partial charge in [-0.25, -0.2) is 0 Å². The second-order valence-electron chi connectivity index (χ2n) is 6.86. The molecular formula is C24H23N3O4. The van der Waals surface area contributed by atoms with Gasteiger partial charge in [0.25, 0.3) is 11.6 Å². The zero-order chi connectivity index (χ0) is 21.9. The molecule has 0 aliphatic heterocycles. The largest absolute Gasteiger partial charge is 0.386 e. The molecule has 158 valence electrons. The summed E-state index contributed by atoms with van der Waals surface area (Å²) in [6.45, 7) is 0.747. The highest BCUT2D eigenvalue weighted by molar-refractivity contribution is 5.85. The van der Waals surface area contributed by atoms with Crippen LogP contribution in [0.25, 0.3) is 0 Å². The summed E-state index contributed by atoms with van der Waals surface area (Å²) in [5, 5.41) is 14.8. The Morgan fingerprint density at radius 3 is 2.23 bits per heavy atom. The van der Waals surface area contributed by atoms with Gasteiger partial charge in [-0.1, -0.05) is 78.0 Å². The Hall–Kier alpha value is -4.00. The zero-order valence-electron chi connectivity index (χ0n) is 17.0. The summed E-state index contributed by atoms with van der Waals surface area (Å²) < 4.78 is 0. The maximum absolute atomic E-state index is 12.8. The van der Waals surface area contributed by atoms with Crippen LogP contribution in [-0.2, 0) is 22.6 Å². The van der Waals surface area contributed by atoms with Crippen molar-refractivity contribution in [3.05, 3.63) is 112 Å². The molecule has 0 atom stereocenters. The third-order valence-electron chi connectivity index (χ3n) is 4.67. The number of oxime groups is 1. The van der Waals surface area contributed by atoms with Crippen LogP contribution < -0.4 is 0 Å². The highest BCUT2D eigenvalue weighted by atomic mass is 16.6. The van der Waals surface area contributed by atoms with Crippen molar-refractivity contribution in [3.63, 3.8) is 0 Å². The Morgan fingerprint density at radius 2 is 1.55 bits per heavy atom. The van der Waals surface area contributed by atoms with Crippen molar-refractivity contribution in [2.75, 3.05) is 13.2 Å². The van der Waals surface area contributed by atoms with E-state index in [0.717, 1.165) is 17.5 Å². The molecule has 0 aromatic heterocycles. The third-order valence-corrected chi connectivity index (χ3v) is 4.67. The monoisotopic (exact) mass is 417 g/mol. The highest BCUT2D eigenvalue weighted by Crippen LogP contribution is 2.15. The first kappa shape index (κ1) is 21.7. The fourth-order valence-electron chi connectivity index (χ4n) is 3.05. The van der Waals surface area contributed by atoms with E-state index in [9.17, 15) is 14.9 Å². The standard InChI is InChI=1S/C24H23N3O4/c28-24(19-31-25-17-22-13-7-8-14-23(22)27(29)30)26(18-21-11-5-2-6-12-21)16-15-20-9-3-1-4-10-20/h1-14,17H,15-16,18-19H2/b25-17+. The minimum absolute atomic E-state index is 0.0743. The van der Waals surface area contributed by atoms with Crippen LogP contribution in [0.2, 0.25) is 0 Å². The van der Waals surface area contributed by atoms with E-state index in [0.29, 0.717) is 18.7 Å². The predicted molar refractivity (Wildman–Crippen MR) is 119 cm³/mol. The van der Waals surface area contributed by atoms with Crippen molar-refractivity contribution >= 4 is 17.8 Å². The van der Waals surface area contributed by atoms with Gasteiger partial charge in [-0.2, -0.15) is 0 Å². The topological polar surface area (TPSA) is 85.0 Å². The number of nitrogens with zero attached hydrogens (tertiary/aromatic N) is 3. The lowest BCUT2D eigenvalue weighted by Gasteiger charge is -2.22. The number of hydrogen-bond donors (Lipinski definition) is 0. The molecule has 0 saturated carbocycles. The number of rotatable bonds is 10. The van der Waals surface area contributed by atoms with Gasteiger partial charge in [-0.3, -0.25) is 14.9 Å². The van der Waals surface area contributed by atoms with E-state index in [-0.39, 0.29) is 18.2 Å². The maximum Gasteiger partial charge on any atom is 0.278 e. The molecule has 0 aliphatic rings. The maximum atomic E-state index is 12.8. The van der Waals surface area contributed by atoms with Gasteiger partial charge in [0.2, 0.25) is 0 Å². The molecule has 0 aliphatic carbocycles. The van der Waals surface area contributed by atoms with Crippen LogP contribution in [0.15, 0.2) is 90.1 Å². The van der Waals surface area contributed by atoms with Crippen molar-refractivity contribution in [1.82, 2.24) is 4.90 Å². The van der Waals surface area contributed by atoms with Gasteiger partial charge in [0.1, 0.15) is 0 Å². The van der Waals surface area contributed by atoms with Crippen LogP contribution >= 0.6 is 0 Å². The first-order valence-electron chi connectivity index (χ1n) is 9.88. The summed E-state index contributed by atoms with van der Waals surface area (Å²) in [7, 11) is 0. The third kappa shape index (κ3) is 6.78. The van der Waals surface area contributed by atoms with E-state index in [1.807, 2.05) is 60.7 Å². The molecule has 3 aromatic carbocycles. The minimum atomic E-state index is -0.488. The number of hydrogen-bond acceptors (Lipinski definition) is 5. The first-order valence-corrected chi connectivity index (χ1v) is 9.88. The van der Waals surface area contributed by atoms with Crippen molar-refractivity contribution in [2.24, 2.45) is 5.16 Å². The molecule has 0 fully saturated rings. The normalized spacial score (nSPS) is 10.7. The van der Waals surface area contributed by atoms with Crippen LogP contribution in [0.3, 0.4) is 0 Å². The SMILES string of the molecule is O=C(CO/N=C/c1ccccc1[N+](=O)[O-])N(CCc1ccccc1)Cc1ccccc1. The lowest BCUT2D eigenvalue weighted by atomic mass is 10.1. The molecule has 0 N–H and O–H groups in total. The molecule has 3 rings (SSSR count). The van der Waals surface area contributed by atoms with Gasteiger partial charge < -0.3 is 9.74 Å². The van der Waals surface area contributed by atoms with Crippen LogP contribution in [0, 0.1) is 10.1 Å². The minimum Gasteiger partial charge on any atom is -0.386 e. The molecule has 0 heterocycles. The van der Waals surface area contributed by atoms with Crippen LogP contribution in [0.4, 0.5) is 5.69 Å². The molecule has 0 bridgehead atoms. The average Bonchev–Trinajstić information content (AvgIpc) is 2.81. The summed E-state index contributed by atoms with van der Waals surface area (Å²) in [6.07, 6.45) is 1.97. The van der Waals surface area contributed by atoms with Crippen molar-refractivity contribution < 1.29 is 14.6 Å². The molecule has 0 unspecified atom stereocenters. The van der Waals surface area contributed by atoms with E-state index >= 15 is 0 Å². The van der Waals surface area contributed by atoms with Crippen LogP contribution in [-0.4, -0.2) is 35.1 Å². The van der Waals surface area contributed by atoms with Crippen molar-refractivity contribution in [2.45, 2.75) is 13.0 Å². The van der Waals surface area contributed by atoms with Gasteiger partial charge in [-0.05, 0) is 23.6 Å². The quantitative estimate of drug-likeness (QED) is 0.281. The van der Waals surface area contributed by atoms with E-state index in [1.165, 1.54) is 12.3 Å². The lowest BCUT2D eigenvalue weighted by Crippen LogP contribution is -2.35. The van der Waals surface area contributed by atoms with Crippen LogP contribution in [0.1, 0.15) is 16.7 Å². The Bertz CT molecular complexity index is 1020. The molecule has 31 heavy (non-hydrogen) atoms. The average molecular weight is 417 g/mol. The van der Waals surface area contributed by atoms with Gasteiger partial charge in [0.05, 0.1) is 16.7 Å². The fraction of sp³-hybridized carbons (Fsp3) is 0.167. The molecule has 3 aromatic rings. The van der Waals surface area contributed by atoms with Gasteiger partial charge in [0, 0.05) is 19.2 Å². The Balaban J connectivity index is 1.61. The number of carbonyl (C=O) groups is 1. The highest BCUT2D eigenvalue weighted by Gasteiger charge is 2.15. The molecule has 0 saturated heterocycles. The molecule has 0 spiro atoms. The number of para-hydroxylation sites is 1. The molecule has 1 amide bonds. The van der Waals surface area contributed by atoms with Crippen LogP contribution in [0.5, 0.6) is 0 Å². The number of carbonyl (C=O) groups excluding carboxylic acids is 1. The zero-order valence-corrected chi connectivity index (χ0v) is 17.0. The Morgan fingerprint density at radius 1 is 0.935 bits per heavy atom. The molecule has 7 heteroatoms. The summed E-state index contributed by atoms with van der Waals surface area (Å²) in [4.78, 5) is 30.2. The Labute approximate surface area is 180 Å². The molecular weight excluding hydrogens is 394 g/mol. The number of benzene rings is 3. The summed E-state index contributed by atoms with van der Waals surface area (Å²) in [5.74, 6) is -0.209. The molecule has 7 nitrogen and oxygen atoms in total. The van der Waals surface area contributed by atoms with E-state index < -0.39 is 4.92 Å². The number of nitro benzene ring substituents is 1. The summed E-state index contributed by atoms with van der Waals surface area (Å²) in [6, 6.07) is 25.9. The summed E-state index contributed by atoms with van der Waals surface area (Å²) in [5.41, 5.74) is 2.40. The van der Waals surface area contributed by atoms with Gasteiger partial charge in [0.15, 0.2) is 6.61 Å². The van der Waals surface area contributed by atoms with Crippen molar-refractivity contribution in [1.29, 1.82) is 0 Å². The second-order valence-corrected chi connectivity index (χ2v) is 6.86. The number of nitro groups is 1. The Kier molecular flexibility index (Phi) is 7.88. The van der Waals surface area contributed by atoms with Gasteiger partial charge in [-0.15, -0.1) is 0 Å². The first-order chi connectivity index (χ1) is 15.1. The summed E-state index contributed by atoms with van der Waals surface area (Å²) >= 11 is 0. The van der Waals surface area contributed by atoms with E-state index in [2.05, 4.69) is 5.16 Å². The van der Waals surface area contributed by atoms with Crippen molar-refractivity contribution in [3.8, 4) is 0 Å². The smallest absolute Gasteiger partial charge is 0.278 e. The van der Waals surface area contributed by atoms with E-state index in [1.54, 1.807) is 23.1 Å². The second kappa shape index (κ2) is 11.3. The molecule has 0 radical (unpaired) electrons. The lowest BCUT2D eigenvalue weighted by molar-refractivity contribution is -0.385. The van der Waals surface area contributed by atoms with E-state index in [4.69, 9.17) is 4.84 Å².